The van der Waals surface area contributed by atoms with Crippen LogP contribution in [-0.4, -0.2) is 48.3 Å². The first-order valence-electron chi connectivity index (χ1n) is 4.69. The van der Waals surface area contributed by atoms with Crippen LogP contribution in [0.2, 0.25) is 0 Å². The number of rotatable bonds is 7. The molecule has 4 N–H and O–H groups in total. The van der Waals surface area contributed by atoms with Crippen LogP contribution in [0, 0.1) is 5.41 Å². The normalized spacial score (nSPS) is 13.1. The molecule has 6 heteroatoms. The Morgan fingerprint density at radius 1 is 1.47 bits per heavy atom. The summed E-state index contributed by atoms with van der Waals surface area (Å²) in [5.74, 6) is -0.554. The van der Waals surface area contributed by atoms with Crippen molar-refractivity contribution in [3.8, 4) is 0 Å². The summed E-state index contributed by atoms with van der Waals surface area (Å²) in [5.41, 5.74) is -0.873. The minimum atomic E-state index is -1.27. The molecule has 0 bridgehead atoms. The van der Waals surface area contributed by atoms with E-state index in [-0.39, 0.29) is 13.2 Å². The average Bonchev–Trinajstić information content (AvgIpc) is 2.23. The molecule has 0 unspecified atom stereocenters. The Hall–Kier alpha value is -1.14. The van der Waals surface area contributed by atoms with Gasteiger partial charge in [0.05, 0.1) is 6.61 Å². The molecule has 0 aromatic heterocycles. The lowest BCUT2D eigenvalue weighted by atomic mass is 9.87. The molecule has 0 aliphatic carbocycles. The lowest BCUT2D eigenvalue weighted by molar-refractivity contribution is -0.137. The predicted octanol–water partition coefficient (Wildman–Crippen LogP) is -1.77. The molecule has 1 atom stereocenters. The molecule has 0 aliphatic heterocycles. The molecule has 88 valence electrons. The van der Waals surface area contributed by atoms with Crippen LogP contribution < -0.4 is 10.6 Å². The Balaban J connectivity index is 3.94. The molecule has 0 saturated carbocycles. The van der Waals surface area contributed by atoms with E-state index in [0.29, 0.717) is 13.0 Å². The fraction of sp³-hybridized carbons (Fsp3) is 0.778. The van der Waals surface area contributed by atoms with Gasteiger partial charge in [-0.3, -0.25) is 9.59 Å². The first kappa shape index (κ1) is 13.9. The molecule has 0 aromatic carbocycles. The molecule has 0 rings (SSSR count). The average molecular weight is 218 g/mol. The van der Waals surface area contributed by atoms with Gasteiger partial charge in [-0.05, 0) is 0 Å². The molecule has 0 saturated heterocycles. The standard InChI is InChI=1S/C9H18N2O4/c1-9(2,5-12)7(14)8(15)11-4-3-10-6-13/h6-7,12,14H,3-5H2,1-2H3,(H,10,13)(H,11,15)/t7-/m0/s1. The molecule has 15 heavy (non-hydrogen) atoms. The largest absolute Gasteiger partial charge is 0.396 e. The minimum absolute atomic E-state index is 0.246. The van der Waals surface area contributed by atoms with E-state index in [2.05, 4.69) is 10.6 Å². The highest BCUT2D eigenvalue weighted by Gasteiger charge is 2.32. The zero-order valence-electron chi connectivity index (χ0n) is 8.99. The van der Waals surface area contributed by atoms with Gasteiger partial charge in [-0.1, -0.05) is 13.8 Å². The van der Waals surface area contributed by atoms with E-state index in [1.54, 1.807) is 13.8 Å². The van der Waals surface area contributed by atoms with Crippen LogP contribution in [0.5, 0.6) is 0 Å². The Labute approximate surface area is 88.7 Å². The summed E-state index contributed by atoms with van der Waals surface area (Å²) < 4.78 is 0. The number of hydrogen-bond acceptors (Lipinski definition) is 4. The molecular formula is C9H18N2O4. The highest BCUT2D eigenvalue weighted by molar-refractivity contribution is 5.81. The van der Waals surface area contributed by atoms with Crippen LogP contribution in [0.3, 0.4) is 0 Å². The lowest BCUT2D eigenvalue weighted by Crippen LogP contribution is -2.46. The van der Waals surface area contributed by atoms with E-state index in [4.69, 9.17) is 5.11 Å². The van der Waals surface area contributed by atoms with Gasteiger partial charge in [0.1, 0.15) is 6.10 Å². The quantitative estimate of drug-likeness (QED) is 0.300. The van der Waals surface area contributed by atoms with Crippen molar-refractivity contribution in [3.63, 3.8) is 0 Å². The van der Waals surface area contributed by atoms with Crippen LogP contribution in [0.4, 0.5) is 0 Å². The number of amides is 2. The summed E-state index contributed by atoms with van der Waals surface area (Å²) in [6, 6.07) is 0. The first-order chi connectivity index (χ1) is 6.95. The van der Waals surface area contributed by atoms with Gasteiger partial charge in [0.2, 0.25) is 12.3 Å². The Bertz CT molecular complexity index is 218. The number of hydrogen-bond donors (Lipinski definition) is 4. The van der Waals surface area contributed by atoms with E-state index < -0.39 is 17.4 Å². The number of aliphatic hydroxyl groups is 2. The zero-order chi connectivity index (χ0) is 11.9. The van der Waals surface area contributed by atoms with Gasteiger partial charge in [0, 0.05) is 18.5 Å². The van der Waals surface area contributed by atoms with E-state index in [1.807, 2.05) is 0 Å². The molecule has 0 heterocycles. The third-order valence-corrected chi connectivity index (χ3v) is 2.05. The second-order valence-electron chi connectivity index (χ2n) is 3.91. The first-order valence-corrected chi connectivity index (χ1v) is 4.69. The highest BCUT2D eigenvalue weighted by Crippen LogP contribution is 2.19. The monoisotopic (exact) mass is 218 g/mol. The van der Waals surface area contributed by atoms with Gasteiger partial charge < -0.3 is 20.8 Å². The van der Waals surface area contributed by atoms with Crippen molar-refractivity contribution >= 4 is 12.3 Å². The maximum Gasteiger partial charge on any atom is 0.249 e. The van der Waals surface area contributed by atoms with Crippen LogP contribution in [0.1, 0.15) is 13.8 Å². The molecular weight excluding hydrogens is 200 g/mol. The Morgan fingerprint density at radius 3 is 2.53 bits per heavy atom. The summed E-state index contributed by atoms with van der Waals surface area (Å²) in [7, 11) is 0. The molecule has 2 amide bonds. The van der Waals surface area contributed by atoms with Gasteiger partial charge in [-0.25, -0.2) is 0 Å². The van der Waals surface area contributed by atoms with Crippen molar-refractivity contribution in [1.29, 1.82) is 0 Å². The summed E-state index contributed by atoms with van der Waals surface area (Å²) in [5, 5.41) is 23.3. The Morgan fingerprint density at radius 2 is 2.07 bits per heavy atom. The van der Waals surface area contributed by atoms with Crippen molar-refractivity contribution in [2.45, 2.75) is 20.0 Å². The Kier molecular flexibility index (Phi) is 5.88. The lowest BCUT2D eigenvalue weighted by Gasteiger charge is -2.27. The summed E-state index contributed by atoms with van der Waals surface area (Å²) in [6.07, 6.45) is -0.737. The van der Waals surface area contributed by atoms with Crippen molar-refractivity contribution < 1.29 is 19.8 Å². The molecule has 0 fully saturated rings. The van der Waals surface area contributed by atoms with E-state index in [0.717, 1.165) is 0 Å². The number of carbonyl (C=O) groups excluding carboxylic acids is 2. The van der Waals surface area contributed by atoms with E-state index >= 15 is 0 Å². The van der Waals surface area contributed by atoms with E-state index in [1.165, 1.54) is 0 Å². The summed E-state index contributed by atoms with van der Waals surface area (Å²) in [4.78, 5) is 21.2. The van der Waals surface area contributed by atoms with Crippen molar-refractivity contribution in [1.82, 2.24) is 10.6 Å². The maximum absolute atomic E-state index is 11.3. The van der Waals surface area contributed by atoms with Gasteiger partial charge in [-0.2, -0.15) is 0 Å². The summed E-state index contributed by atoms with van der Waals surface area (Å²) in [6.45, 7) is 3.44. The third kappa shape index (κ3) is 4.75. The molecule has 0 radical (unpaired) electrons. The van der Waals surface area contributed by atoms with E-state index in [9.17, 15) is 14.7 Å². The van der Waals surface area contributed by atoms with Crippen molar-refractivity contribution in [3.05, 3.63) is 0 Å². The van der Waals surface area contributed by atoms with Gasteiger partial charge in [-0.15, -0.1) is 0 Å². The SMILES string of the molecule is CC(C)(CO)[C@@H](O)C(=O)NCCNC=O. The van der Waals surface area contributed by atoms with Gasteiger partial charge in [0.25, 0.3) is 0 Å². The number of aliphatic hydroxyl groups excluding tert-OH is 2. The third-order valence-electron chi connectivity index (χ3n) is 2.05. The predicted molar refractivity (Wildman–Crippen MR) is 54.0 cm³/mol. The van der Waals surface area contributed by atoms with Crippen LogP contribution in [0.25, 0.3) is 0 Å². The zero-order valence-corrected chi connectivity index (χ0v) is 8.99. The topological polar surface area (TPSA) is 98.7 Å². The minimum Gasteiger partial charge on any atom is -0.396 e. The molecule has 0 aromatic rings. The number of nitrogens with one attached hydrogen (secondary N) is 2. The second-order valence-corrected chi connectivity index (χ2v) is 3.91. The van der Waals surface area contributed by atoms with Gasteiger partial charge >= 0.3 is 0 Å². The highest BCUT2D eigenvalue weighted by atomic mass is 16.3. The van der Waals surface area contributed by atoms with Crippen molar-refractivity contribution in [2.24, 2.45) is 5.41 Å². The second kappa shape index (κ2) is 6.36. The molecule has 0 spiro atoms. The molecule has 0 aliphatic rings. The van der Waals surface area contributed by atoms with Crippen LogP contribution >= 0.6 is 0 Å². The smallest absolute Gasteiger partial charge is 0.249 e. The van der Waals surface area contributed by atoms with Crippen molar-refractivity contribution in [2.75, 3.05) is 19.7 Å². The fourth-order valence-corrected chi connectivity index (χ4v) is 0.855. The fourth-order valence-electron chi connectivity index (χ4n) is 0.855. The van der Waals surface area contributed by atoms with Gasteiger partial charge in [0.15, 0.2) is 0 Å². The van der Waals surface area contributed by atoms with Crippen LogP contribution in [0.15, 0.2) is 0 Å². The number of carbonyl (C=O) groups is 2. The maximum atomic E-state index is 11.3. The summed E-state index contributed by atoms with van der Waals surface area (Å²) >= 11 is 0. The van der Waals surface area contributed by atoms with Crippen LogP contribution in [-0.2, 0) is 9.59 Å². The molecule has 6 nitrogen and oxygen atoms in total.